The average Bonchev–Trinajstić information content (AvgIpc) is 3.24. The van der Waals surface area contributed by atoms with Crippen molar-refractivity contribution in [3.05, 3.63) is 29.3 Å². The summed E-state index contributed by atoms with van der Waals surface area (Å²) in [6.45, 7) is 2.30. The van der Waals surface area contributed by atoms with E-state index < -0.39 is 9.84 Å². The molecule has 0 unspecified atom stereocenters. The van der Waals surface area contributed by atoms with Gasteiger partial charge >= 0.3 is 0 Å². The quantitative estimate of drug-likeness (QED) is 0.721. The Bertz CT molecular complexity index is 703. The number of halogens is 1. The maximum atomic E-state index is 12.1. The summed E-state index contributed by atoms with van der Waals surface area (Å²) in [4.78, 5) is 23.4. The Morgan fingerprint density at radius 1 is 1.17 bits per heavy atom. The summed E-state index contributed by atoms with van der Waals surface area (Å²) >= 11 is 5.73. The molecule has 2 rings (SSSR count). The van der Waals surface area contributed by atoms with Gasteiger partial charge in [0.1, 0.15) is 0 Å². The molecule has 2 atom stereocenters. The lowest BCUT2D eigenvalue weighted by Gasteiger charge is -2.08. The van der Waals surface area contributed by atoms with Gasteiger partial charge in [0, 0.05) is 30.5 Å². The molecule has 0 radical (unpaired) electrons. The molecule has 1 fully saturated rings. The summed E-state index contributed by atoms with van der Waals surface area (Å²) in [7, 11) is -3.46. The van der Waals surface area contributed by atoms with E-state index in [4.69, 9.17) is 11.6 Å². The van der Waals surface area contributed by atoms with E-state index in [2.05, 4.69) is 10.6 Å². The van der Waals surface area contributed by atoms with E-state index >= 15 is 0 Å². The molecule has 0 bridgehead atoms. The van der Waals surface area contributed by atoms with Gasteiger partial charge in [-0.15, -0.1) is 0 Å². The number of nitrogens with one attached hydrogen (secondary N) is 2. The van der Waals surface area contributed by atoms with Crippen LogP contribution in [0.5, 0.6) is 0 Å². The van der Waals surface area contributed by atoms with Crippen molar-refractivity contribution < 1.29 is 18.0 Å². The van der Waals surface area contributed by atoms with Gasteiger partial charge in [0.25, 0.3) is 0 Å². The first-order valence-electron chi connectivity index (χ1n) is 7.82. The fourth-order valence-corrected chi connectivity index (χ4v) is 3.57. The van der Waals surface area contributed by atoms with E-state index in [0.29, 0.717) is 10.9 Å². The van der Waals surface area contributed by atoms with Gasteiger partial charge < -0.3 is 10.6 Å². The third-order valence-electron chi connectivity index (χ3n) is 3.96. The highest BCUT2D eigenvalue weighted by Crippen LogP contribution is 2.37. The van der Waals surface area contributed by atoms with Gasteiger partial charge in [-0.05, 0) is 36.6 Å². The fourth-order valence-electron chi connectivity index (χ4n) is 2.29. The van der Waals surface area contributed by atoms with Crippen LogP contribution in [0.15, 0.2) is 29.2 Å². The number of carbonyl (C=O) groups is 2. The maximum absolute atomic E-state index is 12.1. The largest absolute Gasteiger partial charge is 0.355 e. The van der Waals surface area contributed by atoms with Crippen LogP contribution in [0.1, 0.15) is 19.8 Å². The lowest BCUT2D eigenvalue weighted by molar-refractivity contribution is -0.123. The van der Waals surface area contributed by atoms with Crippen LogP contribution in [0.25, 0.3) is 0 Å². The average molecular weight is 373 g/mol. The molecule has 0 spiro atoms. The third-order valence-corrected chi connectivity index (χ3v) is 5.95. The summed E-state index contributed by atoms with van der Waals surface area (Å²) in [5.41, 5.74) is 0. The van der Waals surface area contributed by atoms with Gasteiger partial charge in [0.2, 0.25) is 11.8 Å². The van der Waals surface area contributed by atoms with E-state index in [1.807, 2.05) is 6.92 Å². The molecule has 1 aliphatic carbocycles. The molecular formula is C16H21ClN2O4S. The standard InChI is InChI=1S/C16H21ClN2O4S/c1-11-10-14(11)16(21)19-7-6-15(20)18-8-9-24(22,23)13-4-2-12(17)3-5-13/h2-5,11,14H,6-10H2,1H3,(H,18,20)(H,19,21)/t11-,14+/m1/s1. The Morgan fingerprint density at radius 3 is 2.38 bits per heavy atom. The molecule has 24 heavy (non-hydrogen) atoms. The molecule has 1 saturated carbocycles. The number of benzene rings is 1. The van der Waals surface area contributed by atoms with Crippen LogP contribution in [-0.4, -0.2) is 39.1 Å². The van der Waals surface area contributed by atoms with E-state index in [-0.39, 0.29) is 47.9 Å². The van der Waals surface area contributed by atoms with Crippen LogP contribution in [0.2, 0.25) is 5.02 Å². The van der Waals surface area contributed by atoms with Crippen molar-refractivity contribution in [2.45, 2.75) is 24.7 Å². The second-order valence-electron chi connectivity index (χ2n) is 5.98. The third kappa shape index (κ3) is 5.49. The molecule has 1 aromatic carbocycles. The maximum Gasteiger partial charge on any atom is 0.223 e. The van der Waals surface area contributed by atoms with Crippen LogP contribution in [0, 0.1) is 11.8 Å². The molecule has 132 valence electrons. The summed E-state index contributed by atoms with van der Waals surface area (Å²) in [5, 5.41) is 5.73. The van der Waals surface area contributed by atoms with Crippen molar-refractivity contribution in [1.29, 1.82) is 0 Å². The normalized spacial score (nSPS) is 19.6. The zero-order valence-corrected chi connectivity index (χ0v) is 15.0. The summed E-state index contributed by atoms with van der Waals surface area (Å²) < 4.78 is 24.2. The molecular weight excluding hydrogens is 352 g/mol. The minimum absolute atomic E-state index is 0.0133. The van der Waals surface area contributed by atoms with Gasteiger partial charge in [0.15, 0.2) is 9.84 Å². The molecule has 0 aromatic heterocycles. The Morgan fingerprint density at radius 2 is 1.79 bits per heavy atom. The minimum Gasteiger partial charge on any atom is -0.355 e. The van der Waals surface area contributed by atoms with Gasteiger partial charge in [-0.1, -0.05) is 18.5 Å². The molecule has 8 heteroatoms. The second-order valence-corrected chi connectivity index (χ2v) is 8.53. The number of hydrogen-bond donors (Lipinski definition) is 2. The van der Waals surface area contributed by atoms with E-state index in [1.54, 1.807) is 0 Å². The predicted molar refractivity (Wildman–Crippen MR) is 91.4 cm³/mol. The molecule has 0 aliphatic heterocycles. The van der Waals surface area contributed by atoms with Crippen LogP contribution in [0.4, 0.5) is 0 Å². The van der Waals surface area contributed by atoms with Crippen molar-refractivity contribution in [2.75, 3.05) is 18.8 Å². The molecule has 2 N–H and O–H groups in total. The van der Waals surface area contributed by atoms with Crippen molar-refractivity contribution in [3.8, 4) is 0 Å². The summed E-state index contributed by atoms with van der Waals surface area (Å²) in [5.74, 6) is 0.0207. The SMILES string of the molecule is C[C@@H]1C[C@@H]1C(=O)NCCC(=O)NCCS(=O)(=O)c1ccc(Cl)cc1. The monoisotopic (exact) mass is 372 g/mol. The molecule has 0 saturated heterocycles. The van der Waals surface area contributed by atoms with E-state index in [1.165, 1.54) is 24.3 Å². The zero-order valence-electron chi connectivity index (χ0n) is 13.4. The van der Waals surface area contributed by atoms with Gasteiger partial charge in [-0.25, -0.2) is 8.42 Å². The number of carbonyl (C=O) groups excluding carboxylic acids is 2. The first-order valence-corrected chi connectivity index (χ1v) is 9.85. The predicted octanol–water partition coefficient (Wildman–Crippen LogP) is 1.39. The zero-order chi connectivity index (χ0) is 17.7. The topological polar surface area (TPSA) is 92.3 Å². The summed E-state index contributed by atoms with van der Waals surface area (Å²) in [6.07, 6.45) is 1.04. The lowest BCUT2D eigenvalue weighted by Crippen LogP contribution is -2.33. The number of hydrogen-bond acceptors (Lipinski definition) is 4. The van der Waals surface area contributed by atoms with Crippen LogP contribution in [-0.2, 0) is 19.4 Å². The van der Waals surface area contributed by atoms with Crippen molar-refractivity contribution in [1.82, 2.24) is 10.6 Å². The minimum atomic E-state index is -3.46. The first-order chi connectivity index (χ1) is 11.3. The smallest absolute Gasteiger partial charge is 0.223 e. The lowest BCUT2D eigenvalue weighted by atomic mass is 10.3. The molecule has 6 nitrogen and oxygen atoms in total. The molecule has 2 amide bonds. The molecule has 1 aliphatic rings. The van der Waals surface area contributed by atoms with E-state index in [0.717, 1.165) is 6.42 Å². The Labute approximate surface area is 146 Å². The second kappa shape index (κ2) is 7.98. The Kier molecular flexibility index (Phi) is 6.23. The van der Waals surface area contributed by atoms with Crippen LogP contribution < -0.4 is 10.6 Å². The van der Waals surface area contributed by atoms with Crippen molar-refractivity contribution >= 4 is 33.3 Å². The van der Waals surface area contributed by atoms with Gasteiger partial charge in [-0.3, -0.25) is 9.59 Å². The van der Waals surface area contributed by atoms with Gasteiger partial charge in [-0.2, -0.15) is 0 Å². The molecule has 1 aromatic rings. The Hall–Kier alpha value is -1.60. The first kappa shape index (κ1) is 18.7. The van der Waals surface area contributed by atoms with E-state index in [9.17, 15) is 18.0 Å². The number of rotatable bonds is 8. The highest BCUT2D eigenvalue weighted by Gasteiger charge is 2.38. The van der Waals surface area contributed by atoms with Gasteiger partial charge in [0.05, 0.1) is 10.6 Å². The summed E-state index contributed by atoms with van der Waals surface area (Å²) in [6, 6.07) is 5.90. The van der Waals surface area contributed by atoms with Crippen molar-refractivity contribution in [3.63, 3.8) is 0 Å². The van der Waals surface area contributed by atoms with Crippen LogP contribution in [0.3, 0.4) is 0 Å². The number of amides is 2. The van der Waals surface area contributed by atoms with Crippen molar-refractivity contribution in [2.24, 2.45) is 11.8 Å². The molecule has 0 heterocycles. The number of sulfone groups is 1. The highest BCUT2D eigenvalue weighted by molar-refractivity contribution is 7.91. The Balaban J connectivity index is 1.66. The van der Waals surface area contributed by atoms with Crippen LogP contribution >= 0.6 is 11.6 Å². The fraction of sp³-hybridized carbons (Fsp3) is 0.500. The highest BCUT2D eigenvalue weighted by atomic mass is 35.5.